The molecule has 0 saturated heterocycles. The Morgan fingerprint density at radius 3 is 2.90 bits per heavy atom. The lowest BCUT2D eigenvalue weighted by molar-refractivity contribution is 0.0717. The molecule has 0 atom stereocenters. The molecule has 0 spiro atoms. The average molecular weight is 305 g/mol. The predicted molar refractivity (Wildman–Crippen MR) is 80.2 cm³/mol. The van der Waals surface area contributed by atoms with Crippen molar-refractivity contribution >= 4 is 17.5 Å². The zero-order chi connectivity index (χ0) is 14.8. The van der Waals surface area contributed by atoms with E-state index in [0.717, 1.165) is 30.7 Å². The fourth-order valence-electron chi connectivity index (χ4n) is 2.35. The first-order valence-electron chi connectivity index (χ1n) is 7.17. The van der Waals surface area contributed by atoms with Gasteiger partial charge in [0.15, 0.2) is 0 Å². The Bertz CT molecular complexity index is 636. The number of halogens is 1. The number of aryl methyl sites for hydroxylation is 1. The highest BCUT2D eigenvalue weighted by Crippen LogP contribution is 2.30. The van der Waals surface area contributed by atoms with Gasteiger partial charge in [0.25, 0.3) is 5.91 Å². The molecule has 5 heteroatoms. The predicted octanol–water partition coefficient (Wildman–Crippen LogP) is 3.70. The van der Waals surface area contributed by atoms with Crippen LogP contribution in [0.2, 0.25) is 5.15 Å². The van der Waals surface area contributed by atoms with Crippen molar-refractivity contribution in [2.24, 2.45) is 0 Å². The first kappa shape index (κ1) is 14.1. The van der Waals surface area contributed by atoms with Crippen molar-refractivity contribution in [3.8, 4) is 0 Å². The minimum atomic E-state index is -0.00657. The Morgan fingerprint density at radius 1 is 1.48 bits per heavy atom. The first-order valence-corrected chi connectivity index (χ1v) is 7.55. The molecule has 0 bridgehead atoms. The van der Waals surface area contributed by atoms with Gasteiger partial charge in [-0.15, -0.1) is 0 Å². The van der Waals surface area contributed by atoms with Gasteiger partial charge >= 0.3 is 0 Å². The number of nitrogens with zero attached hydrogens (tertiary/aromatic N) is 2. The third-order valence-corrected chi connectivity index (χ3v) is 3.80. The summed E-state index contributed by atoms with van der Waals surface area (Å²) < 4.78 is 5.36. The molecule has 3 rings (SSSR count). The maximum Gasteiger partial charge on any atom is 0.254 e. The second kappa shape index (κ2) is 5.90. The second-order valence-electron chi connectivity index (χ2n) is 5.27. The molecular formula is C16H17ClN2O2. The van der Waals surface area contributed by atoms with Crippen LogP contribution in [0.1, 0.15) is 41.6 Å². The summed E-state index contributed by atoms with van der Waals surface area (Å²) in [6, 6.07) is 7.50. The van der Waals surface area contributed by atoms with Crippen LogP contribution in [0.4, 0.5) is 0 Å². The maximum absolute atomic E-state index is 12.8. The van der Waals surface area contributed by atoms with Crippen LogP contribution in [0.25, 0.3) is 0 Å². The topological polar surface area (TPSA) is 46.3 Å². The summed E-state index contributed by atoms with van der Waals surface area (Å²) in [5, 5.41) is 0.367. The highest BCUT2D eigenvalue weighted by molar-refractivity contribution is 6.29. The molecular weight excluding hydrogens is 288 g/mol. The molecule has 1 saturated carbocycles. The quantitative estimate of drug-likeness (QED) is 0.791. The number of hydrogen-bond donors (Lipinski definition) is 0. The molecule has 0 unspecified atom stereocenters. The number of hydrogen-bond acceptors (Lipinski definition) is 3. The number of aromatic nitrogens is 1. The van der Waals surface area contributed by atoms with E-state index in [4.69, 9.17) is 16.0 Å². The Balaban J connectivity index is 1.85. The van der Waals surface area contributed by atoms with Gasteiger partial charge < -0.3 is 9.32 Å². The number of furan rings is 1. The highest BCUT2D eigenvalue weighted by atomic mass is 35.5. The van der Waals surface area contributed by atoms with Crippen molar-refractivity contribution in [1.82, 2.24) is 9.88 Å². The molecule has 2 heterocycles. The van der Waals surface area contributed by atoms with Gasteiger partial charge in [0.2, 0.25) is 0 Å². The van der Waals surface area contributed by atoms with Crippen LogP contribution in [0.3, 0.4) is 0 Å². The number of amides is 1. The van der Waals surface area contributed by atoms with E-state index in [2.05, 4.69) is 4.98 Å². The van der Waals surface area contributed by atoms with Crippen molar-refractivity contribution in [3.05, 3.63) is 52.7 Å². The van der Waals surface area contributed by atoms with Gasteiger partial charge in [0.05, 0.1) is 12.8 Å². The lowest BCUT2D eigenvalue weighted by Gasteiger charge is -2.21. The van der Waals surface area contributed by atoms with E-state index in [0.29, 0.717) is 23.3 Å². The van der Waals surface area contributed by atoms with Crippen molar-refractivity contribution in [2.75, 3.05) is 0 Å². The Hall–Kier alpha value is -1.81. The fraction of sp³-hybridized carbons (Fsp3) is 0.375. The van der Waals surface area contributed by atoms with Crippen molar-refractivity contribution in [2.45, 2.75) is 38.8 Å². The highest BCUT2D eigenvalue weighted by Gasteiger charge is 2.33. The summed E-state index contributed by atoms with van der Waals surface area (Å²) in [4.78, 5) is 18.8. The summed E-state index contributed by atoms with van der Waals surface area (Å²) in [6.07, 6.45) is 4.48. The molecule has 1 fully saturated rings. The molecule has 0 radical (unpaired) electrons. The lowest BCUT2D eigenvalue weighted by Crippen LogP contribution is -2.32. The minimum absolute atomic E-state index is 0.00657. The molecule has 1 amide bonds. The van der Waals surface area contributed by atoms with Crippen LogP contribution < -0.4 is 0 Å². The molecule has 0 aromatic carbocycles. The van der Waals surface area contributed by atoms with Gasteiger partial charge in [-0.25, -0.2) is 4.98 Å². The van der Waals surface area contributed by atoms with Crippen LogP contribution >= 0.6 is 11.6 Å². The van der Waals surface area contributed by atoms with E-state index in [1.165, 1.54) is 0 Å². The second-order valence-corrected chi connectivity index (χ2v) is 5.65. The van der Waals surface area contributed by atoms with E-state index in [-0.39, 0.29) is 5.91 Å². The Labute approximate surface area is 128 Å². The van der Waals surface area contributed by atoms with Crippen molar-refractivity contribution in [3.63, 3.8) is 0 Å². The third-order valence-electron chi connectivity index (χ3n) is 3.61. The summed E-state index contributed by atoms with van der Waals surface area (Å²) in [7, 11) is 0. The van der Waals surface area contributed by atoms with E-state index >= 15 is 0 Å². The summed E-state index contributed by atoms with van der Waals surface area (Å²) in [5.74, 6) is 0.791. The molecule has 4 nitrogen and oxygen atoms in total. The van der Waals surface area contributed by atoms with Gasteiger partial charge in [0, 0.05) is 17.3 Å². The largest absolute Gasteiger partial charge is 0.467 e. The van der Waals surface area contributed by atoms with Crippen molar-refractivity contribution < 1.29 is 9.21 Å². The average Bonchev–Trinajstić information content (AvgIpc) is 3.20. The van der Waals surface area contributed by atoms with Gasteiger partial charge in [0.1, 0.15) is 10.9 Å². The van der Waals surface area contributed by atoms with Gasteiger partial charge in [-0.1, -0.05) is 18.5 Å². The molecule has 2 aromatic heterocycles. The Kier molecular flexibility index (Phi) is 3.97. The maximum atomic E-state index is 12.8. The van der Waals surface area contributed by atoms with Gasteiger partial charge in [-0.3, -0.25) is 4.79 Å². The normalized spacial score (nSPS) is 14.2. The molecule has 1 aliphatic carbocycles. The zero-order valence-electron chi connectivity index (χ0n) is 11.9. The van der Waals surface area contributed by atoms with Crippen LogP contribution in [-0.2, 0) is 13.0 Å². The third kappa shape index (κ3) is 3.27. The smallest absolute Gasteiger partial charge is 0.254 e. The molecule has 21 heavy (non-hydrogen) atoms. The monoisotopic (exact) mass is 304 g/mol. The van der Waals surface area contributed by atoms with Crippen molar-refractivity contribution in [1.29, 1.82) is 0 Å². The number of carbonyl (C=O) groups excluding carboxylic acids is 1. The molecule has 0 N–H and O–H groups in total. The van der Waals surface area contributed by atoms with Crippen LogP contribution in [0, 0.1) is 0 Å². The van der Waals surface area contributed by atoms with E-state index < -0.39 is 0 Å². The Morgan fingerprint density at radius 2 is 2.29 bits per heavy atom. The van der Waals surface area contributed by atoms with E-state index in [1.807, 2.05) is 30.0 Å². The van der Waals surface area contributed by atoms with E-state index in [9.17, 15) is 4.79 Å². The summed E-state index contributed by atoms with van der Waals surface area (Å²) in [5.41, 5.74) is 1.44. The van der Waals surface area contributed by atoms with Gasteiger partial charge in [-0.05, 0) is 43.5 Å². The lowest BCUT2D eigenvalue weighted by atomic mass is 10.1. The molecule has 0 aliphatic heterocycles. The van der Waals surface area contributed by atoms with E-state index in [1.54, 1.807) is 12.3 Å². The minimum Gasteiger partial charge on any atom is -0.467 e. The standard InChI is InChI=1S/C16H17ClN2O2/c1-2-12-8-11(9-15(17)18-12)16(20)19(13-5-6-13)10-14-4-3-7-21-14/h3-4,7-9,13H,2,5-6,10H2,1H3. The summed E-state index contributed by atoms with van der Waals surface area (Å²) >= 11 is 6.02. The SMILES string of the molecule is CCc1cc(C(=O)N(Cc2ccco2)C2CC2)cc(Cl)n1. The van der Waals surface area contributed by atoms with Crippen LogP contribution in [0.5, 0.6) is 0 Å². The van der Waals surface area contributed by atoms with Crippen LogP contribution in [-0.4, -0.2) is 21.8 Å². The zero-order valence-corrected chi connectivity index (χ0v) is 12.6. The summed E-state index contributed by atoms with van der Waals surface area (Å²) in [6.45, 7) is 2.49. The van der Waals surface area contributed by atoms with Gasteiger partial charge in [-0.2, -0.15) is 0 Å². The number of carbonyl (C=O) groups is 1. The molecule has 2 aromatic rings. The van der Waals surface area contributed by atoms with Crippen LogP contribution in [0.15, 0.2) is 34.9 Å². The first-order chi connectivity index (χ1) is 10.2. The molecule has 110 valence electrons. The fourth-order valence-corrected chi connectivity index (χ4v) is 2.57. The number of rotatable bonds is 5. The molecule has 1 aliphatic rings. The number of pyridine rings is 1.